The van der Waals surface area contributed by atoms with Crippen LogP contribution in [0.4, 0.5) is 5.82 Å². The molecule has 0 bridgehead atoms. The molecule has 1 aromatic carbocycles. The number of anilines is 1. The fourth-order valence-corrected chi connectivity index (χ4v) is 6.29. The highest BCUT2D eigenvalue weighted by Crippen LogP contribution is 2.32. The van der Waals surface area contributed by atoms with E-state index in [9.17, 15) is 5.11 Å². The normalized spacial score (nSPS) is 19.7. The number of piperidine rings is 1. The van der Waals surface area contributed by atoms with Crippen molar-refractivity contribution in [3.63, 3.8) is 0 Å². The molecule has 0 saturated carbocycles. The third kappa shape index (κ3) is 5.19. The molecule has 5 aromatic rings. The van der Waals surface area contributed by atoms with Crippen LogP contribution in [0.15, 0.2) is 67.4 Å². The zero-order chi connectivity index (χ0) is 28.7. The van der Waals surface area contributed by atoms with Gasteiger partial charge in [-0.25, -0.2) is 19.5 Å². The highest BCUT2D eigenvalue weighted by Gasteiger charge is 2.44. The van der Waals surface area contributed by atoms with E-state index in [0.29, 0.717) is 19.6 Å². The Bertz CT molecular complexity index is 1680. The first kappa shape index (κ1) is 26.8. The highest BCUT2D eigenvalue weighted by atomic mass is 16.5. The number of aliphatic hydroxyl groups excluding tert-OH is 1. The summed E-state index contributed by atoms with van der Waals surface area (Å²) in [5, 5.41) is 19.1. The molecule has 1 spiro atoms. The zero-order valence-corrected chi connectivity index (χ0v) is 24.1. The molecule has 4 aromatic heterocycles. The number of aromatic nitrogens is 6. The van der Waals surface area contributed by atoms with Crippen LogP contribution in [0.1, 0.15) is 42.6 Å². The standard InChI is InChI=1S/C31H37N9O2/c1-22-18-25(42-20-23(2)24-6-4-3-5-7-24)19-40-27(22)34-26(36-40)8-13-39-21-31(35-30(39)41)9-14-37(15-10-31)28-29-33-12-17-38(29)16-11-32-28/h3-7,11-12,16-19,23,30,35,41H,8-10,13-15,20-21H2,1-2H3. The number of aliphatic hydroxyl groups is 1. The van der Waals surface area contributed by atoms with E-state index in [1.807, 2.05) is 52.8 Å². The van der Waals surface area contributed by atoms with Gasteiger partial charge in [0.25, 0.3) is 0 Å². The van der Waals surface area contributed by atoms with Crippen molar-refractivity contribution in [3.8, 4) is 5.75 Å². The molecule has 2 unspecified atom stereocenters. The Kier molecular flexibility index (Phi) is 7.01. The fourth-order valence-electron chi connectivity index (χ4n) is 6.29. The lowest BCUT2D eigenvalue weighted by Crippen LogP contribution is -2.53. The molecule has 218 valence electrons. The summed E-state index contributed by atoms with van der Waals surface area (Å²) in [6.07, 6.45) is 11.2. The molecule has 11 heteroatoms. The van der Waals surface area contributed by atoms with E-state index in [4.69, 9.17) is 14.8 Å². The van der Waals surface area contributed by atoms with Gasteiger partial charge in [-0.15, -0.1) is 0 Å². The Hall–Kier alpha value is -4.06. The molecule has 0 amide bonds. The number of pyridine rings is 1. The number of imidazole rings is 1. The smallest absolute Gasteiger partial charge is 0.180 e. The summed E-state index contributed by atoms with van der Waals surface area (Å²) < 4.78 is 9.96. The molecule has 2 saturated heterocycles. The van der Waals surface area contributed by atoms with Gasteiger partial charge in [-0.2, -0.15) is 5.10 Å². The van der Waals surface area contributed by atoms with Gasteiger partial charge in [-0.3, -0.25) is 10.2 Å². The molecule has 2 atom stereocenters. The van der Waals surface area contributed by atoms with Crippen LogP contribution < -0.4 is 15.0 Å². The van der Waals surface area contributed by atoms with Crippen molar-refractivity contribution in [2.24, 2.45) is 0 Å². The molecule has 2 N–H and O–H groups in total. The first-order chi connectivity index (χ1) is 20.5. The largest absolute Gasteiger partial charge is 0.491 e. The summed E-state index contributed by atoms with van der Waals surface area (Å²) in [5.74, 6) is 2.74. The van der Waals surface area contributed by atoms with Crippen molar-refractivity contribution < 1.29 is 9.84 Å². The van der Waals surface area contributed by atoms with E-state index < -0.39 is 6.35 Å². The maximum absolute atomic E-state index is 10.9. The number of nitrogens with zero attached hydrogens (tertiary/aromatic N) is 8. The Balaban J connectivity index is 0.960. The summed E-state index contributed by atoms with van der Waals surface area (Å²) in [6.45, 7) is 7.96. The van der Waals surface area contributed by atoms with Crippen molar-refractivity contribution >= 4 is 17.1 Å². The zero-order valence-electron chi connectivity index (χ0n) is 24.1. The highest BCUT2D eigenvalue weighted by molar-refractivity contribution is 5.64. The lowest BCUT2D eigenvalue weighted by Gasteiger charge is -2.39. The quantitative estimate of drug-likeness (QED) is 0.293. The van der Waals surface area contributed by atoms with Crippen LogP contribution in [0.2, 0.25) is 0 Å². The third-order valence-electron chi connectivity index (χ3n) is 8.73. The Morgan fingerprint density at radius 2 is 1.88 bits per heavy atom. The minimum Gasteiger partial charge on any atom is -0.491 e. The van der Waals surface area contributed by atoms with Gasteiger partial charge in [0.2, 0.25) is 0 Å². The van der Waals surface area contributed by atoms with Crippen LogP contribution in [0, 0.1) is 6.92 Å². The maximum atomic E-state index is 10.9. The average molecular weight is 568 g/mol. The molecule has 11 nitrogen and oxygen atoms in total. The molecular weight excluding hydrogens is 530 g/mol. The summed E-state index contributed by atoms with van der Waals surface area (Å²) in [7, 11) is 0. The van der Waals surface area contributed by atoms with Crippen LogP contribution in [0.5, 0.6) is 5.75 Å². The second-order valence-electron chi connectivity index (χ2n) is 11.7. The molecule has 6 heterocycles. The number of rotatable bonds is 8. The van der Waals surface area contributed by atoms with Gasteiger partial charge in [-0.1, -0.05) is 37.3 Å². The molecule has 2 aliphatic heterocycles. The van der Waals surface area contributed by atoms with Gasteiger partial charge in [0.1, 0.15) is 5.75 Å². The average Bonchev–Trinajstić information content (AvgIpc) is 3.73. The first-order valence-corrected chi connectivity index (χ1v) is 14.7. The van der Waals surface area contributed by atoms with Gasteiger partial charge < -0.3 is 19.1 Å². The summed E-state index contributed by atoms with van der Waals surface area (Å²) in [6, 6.07) is 12.4. The van der Waals surface area contributed by atoms with E-state index in [2.05, 4.69) is 56.3 Å². The first-order valence-electron chi connectivity index (χ1n) is 14.7. The van der Waals surface area contributed by atoms with Gasteiger partial charge in [0, 0.05) is 68.8 Å². The van der Waals surface area contributed by atoms with Crippen LogP contribution in [-0.4, -0.2) is 83.6 Å². The SMILES string of the molecule is Cc1cc(OCC(C)c2ccccc2)cn2nc(CCN3CC4(CCN(c5nccn6ccnc56)CC4)NC3O)nc12. The third-order valence-corrected chi connectivity index (χ3v) is 8.73. The molecular formula is C31H37N9O2. The van der Waals surface area contributed by atoms with E-state index in [1.54, 1.807) is 6.20 Å². The number of ether oxygens (including phenoxy) is 1. The summed E-state index contributed by atoms with van der Waals surface area (Å²) in [5.41, 5.74) is 3.87. The topological polar surface area (TPSA) is 108 Å². The second-order valence-corrected chi connectivity index (χ2v) is 11.7. The number of hydrogen-bond acceptors (Lipinski definition) is 9. The Labute approximate surface area is 244 Å². The van der Waals surface area contributed by atoms with Crippen LogP contribution in [-0.2, 0) is 6.42 Å². The maximum Gasteiger partial charge on any atom is 0.180 e. The van der Waals surface area contributed by atoms with Crippen molar-refractivity contribution in [2.75, 3.05) is 37.7 Å². The Morgan fingerprint density at radius 3 is 2.69 bits per heavy atom. The predicted molar refractivity (Wildman–Crippen MR) is 160 cm³/mol. The van der Waals surface area contributed by atoms with Crippen molar-refractivity contribution in [2.45, 2.75) is 50.9 Å². The van der Waals surface area contributed by atoms with Crippen molar-refractivity contribution in [3.05, 3.63) is 84.3 Å². The van der Waals surface area contributed by atoms with Crippen LogP contribution >= 0.6 is 0 Å². The van der Waals surface area contributed by atoms with Crippen LogP contribution in [0.3, 0.4) is 0 Å². The monoisotopic (exact) mass is 567 g/mol. The minimum absolute atomic E-state index is 0.123. The van der Waals surface area contributed by atoms with Crippen LogP contribution in [0.25, 0.3) is 11.3 Å². The fraction of sp³-hybridized carbons (Fsp3) is 0.419. The number of hydrogen-bond donors (Lipinski definition) is 2. The van der Waals surface area contributed by atoms with E-state index in [-0.39, 0.29) is 11.5 Å². The van der Waals surface area contributed by atoms with E-state index in [1.165, 1.54) is 5.56 Å². The predicted octanol–water partition coefficient (Wildman–Crippen LogP) is 3.03. The molecule has 42 heavy (non-hydrogen) atoms. The van der Waals surface area contributed by atoms with Gasteiger partial charge in [0.05, 0.1) is 12.8 Å². The number of aryl methyl sites for hydroxylation is 1. The lowest BCUT2D eigenvalue weighted by molar-refractivity contribution is 0.0207. The van der Waals surface area contributed by atoms with Gasteiger partial charge >= 0.3 is 0 Å². The molecule has 0 aliphatic carbocycles. The minimum atomic E-state index is -0.684. The van der Waals surface area contributed by atoms with Gasteiger partial charge in [-0.05, 0) is 37.0 Å². The van der Waals surface area contributed by atoms with E-state index >= 15 is 0 Å². The second kappa shape index (κ2) is 11.0. The molecule has 2 fully saturated rings. The molecule has 2 aliphatic rings. The number of fused-ring (bicyclic) bond motifs is 2. The van der Waals surface area contributed by atoms with Crippen molar-refractivity contribution in [1.29, 1.82) is 0 Å². The van der Waals surface area contributed by atoms with Gasteiger partial charge in [0.15, 0.2) is 29.3 Å². The van der Waals surface area contributed by atoms with Crippen molar-refractivity contribution in [1.82, 2.24) is 39.2 Å². The number of nitrogens with one attached hydrogen (secondary N) is 1. The van der Waals surface area contributed by atoms with E-state index in [0.717, 1.165) is 66.7 Å². The molecule has 7 rings (SSSR count). The summed E-state index contributed by atoms with van der Waals surface area (Å²) in [4.78, 5) is 18.3. The Morgan fingerprint density at radius 1 is 1.10 bits per heavy atom. The summed E-state index contributed by atoms with van der Waals surface area (Å²) >= 11 is 0. The number of benzene rings is 1. The molecule has 0 radical (unpaired) electrons. The lowest BCUT2D eigenvalue weighted by atomic mass is 9.88.